The predicted octanol–water partition coefficient (Wildman–Crippen LogP) is 8.42. The summed E-state index contributed by atoms with van der Waals surface area (Å²) < 4.78 is 77.4. The van der Waals surface area contributed by atoms with Crippen LogP contribution in [0.15, 0.2) is 133 Å². The van der Waals surface area contributed by atoms with Crippen molar-refractivity contribution >= 4 is 43.8 Å². The molecule has 15 heteroatoms. The molecule has 11 nitrogen and oxygen atoms in total. The number of hydrogen-bond acceptors (Lipinski definition) is 12. The van der Waals surface area contributed by atoms with Gasteiger partial charge in [0.25, 0.3) is 10.1 Å². The Kier molecular flexibility index (Phi) is 10.8. The molecule has 0 amide bonds. The number of sulfone groups is 1. The minimum absolute atomic E-state index is 0.193. The lowest BCUT2D eigenvalue weighted by molar-refractivity contribution is -0.432. The molecule has 0 radical (unpaired) electrons. The molecule has 246 valence electrons. The molecular weight excluding hydrogens is 699 g/mol. The zero-order valence-corrected chi connectivity index (χ0v) is 28.3. The molecule has 0 spiro atoms. The molecule has 0 atom stereocenters. The zero-order chi connectivity index (χ0) is 34.5. The van der Waals surface area contributed by atoms with Gasteiger partial charge in [-0.1, -0.05) is 35.0 Å². The summed E-state index contributed by atoms with van der Waals surface area (Å²) >= 11 is 2.03. The van der Waals surface area contributed by atoms with Crippen LogP contribution in [-0.2, 0) is 29.3 Å². The average molecular weight is 724 g/mol. The van der Waals surface area contributed by atoms with Gasteiger partial charge in [0, 0.05) is 14.7 Å². The third-order valence-electron chi connectivity index (χ3n) is 6.81. The van der Waals surface area contributed by atoms with E-state index in [2.05, 4.69) is 15.4 Å². The molecule has 0 aliphatic carbocycles. The van der Waals surface area contributed by atoms with Gasteiger partial charge >= 0.3 is 0 Å². The molecule has 5 aromatic carbocycles. The van der Waals surface area contributed by atoms with Gasteiger partial charge in [-0.15, -0.1) is 4.33 Å². The summed E-state index contributed by atoms with van der Waals surface area (Å²) in [4.78, 5) is 0.719. The number of aryl methyl sites for hydroxylation is 2. The first-order valence-corrected chi connectivity index (χ1v) is 18.2. The van der Waals surface area contributed by atoms with Crippen molar-refractivity contribution in [3.05, 3.63) is 120 Å². The fourth-order valence-electron chi connectivity index (χ4n) is 4.38. The molecule has 0 saturated carbocycles. The van der Waals surface area contributed by atoms with E-state index >= 15 is 0 Å². The van der Waals surface area contributed by atoms with Crippen LogP contribution in [-0.4, -0.2) is 26.6 Å². The van der Waals surface area contributed by atoms with Crippen molar-refractivity contribution in [1.82, 2.24) is 0 Å². The molecular formula is C33H25NO10S4. The monoisotopic (exact) mass is 723 g/mol. The van der Waals surface area contributed by atoms with Crippen LogP contribution < -0.4 is 9.47 Å². The first-order valence-electron chi connectivity index (χ1n) is 13.7. The topological polar surface area (TPSA) is 169 Å². The number of benzene rings is 5. The highest BCUT2D eigenvalue weighted by Crippen LogP contribution is 2.36. The van der Waals surface area contributed by atoms with Crippen LogP contribution in [0.4, 0.5) is 0 Å². The average Bonchev–Trinajstić information content (AvgIpc) is 3.06. The van der Waals surface area contributed by atoms with E-state index in [9.17, 15) is 26.7 Å². The first kappa shape index (κ1) is 35.0. The number of hydrogen-bond donors (Lipinski definition) is 2. The fourth-order valence-corrected chi connectivity index (χ4v) is 7.77. The Bertz CT molecular complexity index is 2220. The molecule has 48 heavy (non-hydrogen) atoms. The van der Waals surface area contributed by atoms with Gasteiger partial charge in [-0.2, -0.15) is 13.7 Å². The van der Waals surface area contributed by atoms with Crippen LogP contribution in [0.2, 0.25) is 0 Å². The van der Waals surface area contributed by atoms with Gasteiger partial charge in [0.1, 0.15) is 34.0 Å². The minimum Gasteiger partial charge on any atom is -0.456 e. The SMILES string of the molecule is Cc1ccc(S(=O)(=O)c2ccc(Oc3ccc(Sc4ccc(Oc5cccc(C)c5C#N)cc4)cc3)c(S(=O)(=O)O)c2)cc1SOOO. The van der Waals surface area contributed by atoms with E-state index in [0.717, 1.165) is 33.6 Å². The van der Waals surface area contributed by atoms with Crippen LogP contribution in [0.1, 0.15) is 16.7 Å². The Balaban J connectivity index is 1.31. The van der Waals surface area contributed by atoms with Gasteiger partial charge in [0.15, 0.2) is 0 Å². The predicted molar refractivity (Wildman–Crippen MR) is 177 cm³/mol. The van der Waals surface area contributed by atoms with Crippen LogP contribution in [0, 0.1) is 25.2 Å². The second kappa shape index (κ2) is 14.8. The molecule has 2 N–H and O–H groups in total. The summed E-state index contributed by atoms with van der Waals surface area (Å²) in [7, 11) is -9.17. The highest BCUT2D eigenvalue weighted by Gasteiger charge is 2.25. The van der Waals surface area contributed by atoms with E-state index in [1.54, 1.807) is 49.4 Å². The summed E-state index contributed by atoms with van der Waals surface area (Å²) in [5, 5.41) is 21.5. The quantitative estimate of drug-likeness (QED) is 0.0545. The van der Waals surface area contributed by atoms with Crippen LogP contribution in [0.25, 0.3) is 0 Å². The lowest BCUT2D eigenvalue weighted by Gasteiger charge is -2.13. The standard InChI is InChI=1S/C33H25NO10S4/c1-21-4-3-5-30(29(21)20-34)41-23-7-11-25(12-8-23)45-26-13-9-24(10-14-26)42-31-17-16-28(19-33(31)48(38,39)40)47(36,37)27-15-6-22(2)32(18-27)46-44-43-35/h3-19,35H,1-2H3,(H,38,39,40). The van der Waals surface area contributed by atoms with Crippen molar-refractivity contribution in [2.75, 3.05) is 0 Å². The van der Waals surface area contributed by atoms with Gasteiger partial charge in [-0.3, -0.25) is 4.55 Å². The molecule has 0 heterocycles. The van der Waals surface area contributed by atoms with Crippen molar-refractivity contribution in [2.45, 2.75) is 43.2 Å². The highest BCUT2D eigenvalue weighted by molar-refractivity contribution is 7.99. The zero-order valence-electron chi connectivity index (χ0n) is 25.1. The Labute approximate surface area is 285 Å². The molecule has 5 aromatic rings. The fraction of sp³-hybridized carbons (Fsp3) is 0.0606. The number of nitriles is 1. The van der Waals surface area contributed by atoms with Crippen molar-refractivity contribution in [2.24, 2.45) is 0 Å². The van der Waals surface area contributed by atoms with Crippen molar-refractivity contribution in [3.63, 3.8) is 0 Å². The Morgan fingerprint density at radius 2 is 1.29 bits per heavy atom. The summed E-state index contributed by atoms with van der Waals surface area (Å²) in [6.07, 6.45) is 0. The Hall–Kier alpha value is -4.37. The normalized spacial score (nSPS) is 11.6. The van der Waals surface area contributed by atoms with E-state index in [4.69, 9.17) is 14.7 Å². The maximum absolute atomic E-state index is 13.4. The molecule has 0 aromatic heterocycles. The summed E-state index contributed by atoms with van der Waals surface area (Å²) in [6, 6.07) is 28.8. The molecule has 0 aliphatic rings. The minimum atomic E-state index is -4.91. The molecule has 0 bridgehead atoms. The molecule has 5 rings (SSSR count). The van der Waals surface area contributed by atoms with Crippen molar-refractivity contribution < 1.29 is 45.5 Å². The molecule has 0 saturated heterocycles. The highest BCUT2D eigenvalue weighted by atomic mass is 32.2. The van der Waals surface area contributed by atoms with Gasteiger partial charge in [0.2, 0.25) is 9.84 Å². The number of ether oxygens (including phenoxy) is 2. The second-order valence-corrected chi connectivity index (χ2v) is 15.3. The largest absolute Gasteiger partial charge is 0.456 e. The van der Waals surface area contributed by atoms with Gasteiger partial charge in [-0.05, 0) is 110 Å². The molecule has 0 unspecified atom stereocenters. The van der Waals surface area contributed by atoms with E-state index in [-0.39, 0.29) is 16.4 Å². The lowest BCUT2D eigenvalue weighted by atomic mass is 10.1. The van der Waals surface area contributed by atoms with Gasteiger partial charge < -0.3 is 9.47 Å². The van der Waals surface area contributed by atoms with Crippen molar-refractivity contribution in [1.29, 1.82) is 5.26 Å². The summed E-state index contributed by atoms with van der Waals surface area (Å²) in [6.45, 7) is 3.52. The van der Waals surface area contributed by atoms with Gasteiger partial charge in [0.05, 0.1) is 27.4 Å². The maximum atomic E-state index is 13.4. The third kappa shape index (κ3) is 8.19. The summed E-state index contributed by atoms with van der Waals surface area (Å²) in [5.74, 6) is 1.00. The lowest BCUT2D eigenvalue weighted by Crippen LogP contribution is -2.07. The van der Waals surface area contributed by atoms with E-state index in [0.29, 0.717) is 39.6 Å². The third-order valence-corrected chi connectivity index (χ3v) is 11.2. The summed E-state index contributed by atoms with van der Waals surface area (Å²) in [5.41, 5.74) is 1.92. The Morgan fingerprint density at radius 1 is 0.708 bits per heavy atom. The van der Waals surface area contributed by atoms with Crippen LogP contribution in [0.3, 0.4) is 0 Å². The van der Waals surface area contributed by atoms with Crippen LogP contribution in [0.5, 0.6) is 23.0 Å². The van der Waals surface area contributed by atoms with E-state index in [1.165, 1.54) is 30.0 Å². The van der Waals surface area contributed by atoms with Crippen molar-refractivity contribution in [3.8, 4) is 29.1 Å². The molecule has 0 fully saturated rings. The van der Waals surface area contributed by atoms with Crippen LogP contribution >= 0.6 is 23.8 Å². The smallest absolute Gasteiger partial charge is 0.298 e. The second-order valence-electron chi connectivity index (χ2n) is 10.0. The van der Waals surface area contributed by atoms with Gasteiger partial charge in [-0.25, -0.2) is 13.7 Å². The number of rotatable bonds is 12. The Morgan fingerprint density at radius 3 is 1.88 bits per heavy atom. The first-order chi connectivity index (χ1) is 22.9. The number of nitrogens with zero attached hydrogens (tertiary/aromatic N) is 1. The van der Waals surface area contributed by atoms with E-state index < -0.39 is 29.7 Å². The maximum Gasteiger partial charge on any atom is 0.298 e. The molecule has 0 aliphatic heterocycles. The van der Waals surface area contributed by atoms with E-state index in [1.807, 2.05) is 31.2 Å².